The van der Waals surface area contributed by atoms with E-state index in [1.54, 1.807) is 0 Å². The molecule has 0 bridgehead atoms. The number of aryl methyl sites for hydroxylation is 1. The molecular weight excluding hydrogens is 198 g/mol. The van der Waals surface area contributed by atoms with Gasteiger partial charge in [0.1, 0.15) is 0 Å². The van der Waals surface area contributed by atoms with Gasteiger partial charge in [0, 0.05) is 38.4 Å². The highest BCUT2D eigenvalue weighted by Gasteiger charge is 2.15. The number of nitrogens with two attached hydrogens (primary N) is 1. The van der Waals surface area contributed by atoms with Crippen LogP contribution in [0.1, 0.15) is 11.1 Å². The molecule has 0 amide bonds. The van der Waals surface area contributed by atoms with Crippen LogP contribution in [0, 0.1) is 6.92 Å². The lowest BCUT2D eigenvalue weighted by Crippen LogP contribution is -2.44. The van der Waals surface area contributed by atoms with Gasteiger partial charge in [-0.2, -0.15) is 0 Å². The number of rotatable bonds is 2. The van der Waals surface area contributed by atoms with Crippen LogP contribution in [0.25, 0.3) is 0 Å². The molecule has 3 heteroatoms. The Balaban J connectivity index is 2.04. The van der Waals surface area contributed by atoms with Crippen molar-refractivity contribution in [3.8, 4) is 0 Å². The lowest BCUT2D eigenvalue weighted by Gasteiger charge is -2.32. The molecule has 1 saturated heterocycles. The molecule has 0 unspecified atom stereocenters. The third kappa shape index (κ3) is 2.54. The molecule has 1 aromatic rings. The number of likely N-dealkylation sites (N-methyl/N-ethyl adjacent to an activating group) is 1. The number of anilines is 1. The van der Waals surface area contributed by atoms with E-state index in [0.29, 0.717) is 0 Å². The van der Waals surface area contributed by atoms with Gasteiger partial charge in [-0.25, -0.2) is 0 Å². The first-order valence-electron chi connectivity index (χ1n) is 5.91. The van der Waals surface area contributed by atoms with Crippen molar-refractivity contribution in [3.05, 3.63) is 29.3 Å². The summed E-state index contributed by atoms with van der Waals surface area (Å²) in [6.07, 6.45) is 0. The van der Waals surface area contributed by atoms with Gasteiger partial charge in [0.15, 0.2) is 0 Å². The summed E-state index contributed by atoms with van der Waals surface area (Å²) in [5, 5.41) is 0. The number of nitrogen functional groups attached to an aromatic ring is 1. The van der Waals surface area contributed by atoms with Crippen molar-refractivity contribution in [2.24, 2.45) is 0 Å². The predicted molar refractivity (Wildman–Crippen MR) is 68.4 cm³/mol. The average molecular weight is 219 g/mol. The Morgan fingerprint density at radius 2 is 1.88 bits per heavy atom. The predicted octanol–water partition coefficient (Wildman–Crippen LogP) is 1.32. The van der Waals surface area contributed by atoms with Crippen LogP contribution in [-0.4, -0.2) is 43.0 Å². The fourth-order valence-electron chi connectivity index (χ4n) is 2.17. The molecule has 2 rings (SSSR count). The number of hydrogen-bond acceptors (Lipinski definition) is 3. The zero-order valence-electron chi connectivity index (χ0n) is 10.2. The summed E-state index contributed by atoms with van der Waals surface area (Å²) in [5.41, 5.74) is 9.56. The minimum atomic E-state index is 0.930. The zero-order chi connectivity index (χ0) is 11.5. The molecule has 1 heterocycles. The molecule has 3 nitrogen and oxygen atoms in total. The fourth-order valence-corrected chi connectivity index (χ4v) is 2.17. The monoisotopic (exact) mass is 219 g/mol. The van der Waals surface area contributed by atoms with E-state index < -0.39 is 0 Å². The molecule has 0 saturated carbocycles. The van der Waals surface area contributed by atoms with Crippen LogP contribution < -0.4 is 5.73 Å². The minimum Gasteiger partial charge on any atom is -0.398 e. The van der Waals surface area contributed by atoms with E-state index in [9.17, 15) is 0 Å². The van der Waals surface area contributed by atoms with Crippen molar-refractivity contribution < 1.29 is 0 Å². The second kappa shape index (κ2) is 4.85. The maximum absolute atomic E-state index is 6.03. The summed E-state index contributed by atoms with van der Waals surface area (Å²) in [7, 11) is 2.18. The smallest absolute Gasteiger partial charge is 0.0362 e. The third-order valence-corrected chi connectivity index (χ3v) is 3.42. The number of hydrogen-bond donors (Lipinski definition) is 1. The van der Waals surface area contributed by atoms with Crippen molar-refractivity contribution in [1.29, 1.82) is 0 Å². The number of piperazine rings is 1. The second-order valence-corrected chi connectivity index (χ2v) is 4.72. The molecule has 16 heavy (non-hydrogen) atoms. The highest BCUT2D eigenvalue weighted by molar-refractivity contribution is 5.50. The van der Waals surface area contributed by atoms with Gasteiger partial charge in [0.25, 0.3) is 0 Å². The molecule has 1 aliphatic rings. The van der Waals surface area contributed by atoms with Gasteiger partial charge in [-0.15, -0.1) is 0 Å². The molecule has 0 aromatic heterocycles. The largest absolute Gasteiger partial charge is 0.398 e. The molecule has 0 spiro atoms. The molecule has 2 N–H and O–H groups in total. The Morgan fingerprint density at radius 1 is 1.19 bits per heavy atom. The topological polar surface area (TPSA) is 32.5 Å². The van der Waals surface area contributed by atoms with Crippen molar-refractivity contribution in [2.45, 2.75) is 13.5 Å². The number of nitrogens with zero attached hydrogens (tertiary/aromatic N) is 2. The van der Waals surface area contributed by atoms with E-state index in [2.05, 4.69) is 29.8 Å². The number of benzene rings is 1. The first-order valence-corrected chi connectivity index (χ1v) is 5.91. The Hall–Kier alpha value is -1.06. The van der Waals surface area contributed by atoms with Crippen molar-refractivity contribution >= 4 is 5.69 Å². The van der Waals surface area contributed by atoms with E-state index in [1.807, 2.05) is 12.1 Å². The quantitative estimate of drug-likeness (QED) is 0.762. The normalized spacial score (nSPS) is 18.9. The molecule has 1 fully saturated rings. The van der Waals surface area contributed by atoms with Crippen LogP contribution in [0.4, 0.5) is 5.69 Å². The summed E-state index contributed by atoms with van der Waals surface area (Å²) < 4.78 is 0. The summed E-state index contributed by atoms with van der Waals surface area (Å²) in [4.78, 5) is 4.86. The van der Waals surface area contributed by atoms with E-state index in [-0.39, 0.29) is 0 Å². The van der Waals surface area contributed by atoms with Gasteiger partial charge in [0.05, 0.1) is 0 Å². The molecule has 88 valence electrons. The van der Waals surface area contributed by atoms with Crippen molar-refractivity contribution in [2.75, 3.05) is 39.0 Å². The van der Waals surface area contributed by atoms with Crippen LogP contribution >= 0.6 is 0 Å². The van der Waals surface area contributed by atoms with Crippen LogP contribution in [0.2, 0.25) is 0 Å². The van der Waals surface area contributed by atoms with Gasteiger partial charge in [-0.05, 0) is 31.2 Å². The summed E-state index contributed by atoms with van der Waals surface area (Å²) in [6.45, 7) is 7.74. The average Bonchev–Trinajstić information content (AvgIpc) is 2.26. The summed E-state index contributed by atoms with van der Waals surface area (Å²) in [6, 6.07) is 6.16. The van der Waals surface area contributed by atoms with Gasteiger partial charge in [-0.1, -0.05) is 12.1 Å². The van der Waals surface area contributed by atoms with Crippen LogP contribution in [0.15, 0.2) is 18.2 Å². The summed E-state index contributed by atoms with van der Waals surface area (Å²) >= 11 is 0. The Labute approximate surface area is 97.8 Å². The molecule has 0 radical (unpaired) electrons. The zero-order valence-corrected chi connectivity index (χ0v) is 10.2. The van der Waals surface area contributed by atoms with E-state index in [4.69, 9.17) is 5.73 Å². The van der Waals surface area contributed by atoms with Crippen LogP contribution in [0.3, 0.4) is 0 Å². The van der Waals surface area contributed by atoms with Crippen LogP contribution in [-0.2, 0) is 6.54 Å². The highest BCUT2D eigenvalue weighted by atomic mass is 15.2. The Morgan fingerprint density at radius 3 is 2.50 bits per heavy atom. The first kappa shape index (κ1) is 11.4. The van der Waals surface area contributed by atoms with E-state index in [1.165, 1.54) is 11.1 Å². The standard InChI is InChI=1S/C13H21N3/c1-11-4-3-5-13(14)12(11)10-16-8-6-15(2)7-9-16/h3-5H,6-10,14H2,1-2H3. The Bertz CT molecular complexity index is 334. The lowest BCUT2D eigenvalue weighted by molar-refractivity contribution is 0.148. The minimum absolute atomic E-state index is 0.930. The maximum atomic E-state index is 6.03. The van der Waals surface area contributed by atoms with E-state index >= 15 is 0 Å². The van der Waals surface area contributed by atoms with Gasteiger partial charge in [0.2, 0.25) is 0 Å². The van der Waals surface area contributed by atoms with Gasteiger partial charge >= 0.3 is 0 Å². The lowest BCUT2D eigenvalue weighted by atomic mass is 10.1. The maximum Gasteiger partial charge on any atom is 0.0362 e. The van der Waals surface area contributed by atoms with Crippen molar-refractivity contribution in [3.63, 3.8) is 0 Å². The first-order chi connectivity index (χ1) is 7.66. The molecule has 0 aliphatic carbocycles. The van der Waals surface area contributed by atoms with Gasteiger partial charge in [-0.3, -0.25) is 4.90 Å². The van der Waals surface area contributed by atoms with E-state index in [0.717, 1.165) is 38.4 Å². The van der Waals surface area contributed by atoms with Crippen LogP contribution in [0.5, 0.6) is 0 Å². The fraction of sp³-hybridized carbons (Fsp3) is 0.538. The van der Waals surface area contributed by atoms with Gasteiger partial charge < -0.3 is 10.6 Å². The molecule has 0 atom stereocenters. The molecule has 1 aliphatic heterocycles. The molecular formula is C13H21N3. The summed E-state index contributed by atoms with van der Waals surface area (Å²) in [5.74, 6) is 0. The second-order valence-electron chi connectivity index (χ2n) is 4.72. The SMILES string of the molecule is Cc1cccc(N)c1CN1CCN(C)CC1. The third-order valence-electron chi connectivity index (χ3n) is 3.42. The van der Waals surface area contributed by atoms with Crippen molar-refractivity contribution in [1.82, 2.24) is 9.80 Å². The Kier molecular flexibility index (Phi) is 3.46. The highest BCUT2D eigenvalue weighted by Crippen LogP contribution is 2.18. The molecule has 1 aromatic carbocycles.